The number of para-hydroxylation sites is 1. The van der Waals surface area contributed by atoms with Crippen LogP contribution >= 0.6 is 0 Å². The predicted octanol–water partition coefficient (Wildman–Crippen LogP) is 2.77. The molecule has 0 fully saturated rings. The fourth-order valence-electron chi connectivity index (χ4n) is 1.94. The first-order valence-corrected chi connectivity index (χ1v) is 7.32. The molecule has 5 nitrogen and oxygen atoms in total. The van der Waals surface area contributed by atoms with Crippen LogP contribution in [0.3, 0.4) is 0 Å². The molecule has 5 heteroatoms. The summed E-state index contributed by atoms with van der Waals surface area (Å²) in [6, 6.07) is 17.3. The number of nitrogens with zero attached hydrogens (tertiary/aromatic N) is 3. The zero-order valence-electron chi connectivity index (χ0n) is 13.6. The Morgan fingerprint density at radius 2 is 1.65 bits per heavy atom. The number of hydrogen-bond acceptors (Lipinski definition) is 4. The van der Waals surface area contributed by atoms with Gasteiger partial charge in [-0.1, -0.05) is 35.5 Å². The number of hydrogen-bond donors (Lipinski definition) is 0. The standard InChI is InChI=1S/C18H21N3O2/c1-20(2)16-11-9-15(10-12-16)13-19-23-14-18(22)21(3)17-7-5-4-6-8-17/h4-13H,14H2,1-3H3/b19-13-. The minimum atomic E-state index is -0.156. The Morgan fingerprint density at radius 1 is 1.00 bits per heavy atom. The number of likely N-dealkylation sites (N-methyl/N-ethyl adjacent to an activating group) is 1. The van der Waals surface area contributed by atoms with E-state index >= 15 is 0 Å². The molecule has 0 spiro atoms. The Hall–Kier alpha value is -2.82. The van der Waals surface area contributed by atoms with Crippen LogP contribution in [0.25, 0.3) is 0 Å². The molecule has 2 aromatic rings. The summed E-state index contributed by atoms with van der Waals surface area (Å²) in [5.74, 6) is -0.156. The van der Waals surface area contributed by atoms with Crippen LogP contribution in [0.15, 0.2) is 59.8 Å². The van der Waals surface area contributed by atoms with Crippen molar-refractivity contribution in [3.8, 4) is 0 Å². The summed E-state index contributed by atoms with van der Waals surface area (Å²) in [4.78, 5) is 20.6. The Bertz CT molecular complexity index is 652. The lowest BCUT2D eigenvalue weighted by Crippen LogP contribution is -2.29. The molecule has 2 aromatic carbocycles. The fraction of sp³-hybridized carbons (Fsp3) is 0.222. The van der Waals surface area contributed by atoms with Crippen molar-refractivity contribution < 1.29 is 9.63 Å². The Kier molecular flexibility index (Phi) is 5.74. The number of benzene rings is 2. The van der Waals surface area contributed by atoms with E-state index in [0.29, 0.717) is 0 Å². The van der Waals surface area contributed by atoms with Crippen LogP contribution in [0.5, 0.6) is 0 Å². The van der Waals surface area contributed by atoms with Gasteiger partial charge in [0.1, 0.15) is 0 Å². The van der Waals surface area contributed by atoms with Crippen molar-refractivity contribution in [2.24, 2.45) is 5.16 Å². The topological polar surface area (TPSA) is 45.1 Å². The van der Waals surface area contributed by atoms with Gasteiger partial charge in [0.25, 0.3) is 5.91 Å². The lowest BCUT2D eigenvalue weighted by Gasteiger charge is -2.16. The van der Waals surface area contributed by atoms with Crippen LogP contribution in [0.2, 0.25) is 0 Å². The minimum absolute atomic E-state index is 0.0995. The molecule has 0 unspecified atom stereocenters. The van der Waals surface area contributed by atoms with Crippen molar-refractivity contribution in [1.82, 2.24) is 0 Å². The van der Waals surface area contributed by atoms with Gasteiger partial charge in [-0.3, -0.25) is 4.79 Å². The highest BCUT2D eigenvalue weighted by atomic mass is 16.6. The van der Waals surface area contributed by atoms with Gasteiger partial charge in [0.2, 0.25) is 0 Å². The zero-order chi connectivity index (χ0) is 16.7. The van der Waals surface area contributed by atoms with Gasteiger partial charge in [-0.15, -0.1) is 0 Å². The molecule has 0 aromatic heterocycles. The summed E-state index contributed by atoms with van der Waals surface area (Å²) in [6.45, 7) is -0.0995. The Labute approximate surface area is 136 Å². The third-order valence-corrected chi connectivity index (χ3v) is 3.39. The Balaban J connectivity index is 1.83. The summed E-state index contributed by atoms with van der Waals surface area (Å²) in [5.41, 5.74) is 2.85. The van der Waals surface area contributed by atoms with Crippen molar-refractivity contribution in [3.05, 3.63) is 60.2 Å². The smallest absolute Gasteiger partial charge is 0.267 e. The monoisotopic (exact) mass is 311 g/mol. The molecule has 0 heterocycles. The first-order chi connectivity index (χ1) is 11.1. The highest BCUT2D eigenvalue weighted by Gasteiger charge is 2.10. The molecule has 1 amide bonds. The van der Waals surface area contributed by atoms with Gasteiger partial charge in [0.15, 0.2) is 6.61 Å². The minimum Gasteiger partial charge on any atom is -0.386 e. The molecule has 0 bridgehead atoms. The van der Waals surface area contributed by atoms with E-state index in [1.807, 2.05) is 73.6 Å². The van der Waals surface area contributed by atoms with Crippen LogP contribution in [0.1, 0.15) is 5.56 Å². The molecular formula is C18H21N3O2. The molecule has 120 valence electrons. The van der Waals surface area contributed by atoms with E-state index < -0.39 is 0 Å². The number of anilines is 2. The van der Waals surface area contributed by atoms with Crippen molar-refractivity contribution in [2.45, 2.75) is 0 Å². The molecule has 0 aliphatic heterocycles. The van der Waals surface area contributed by atoms with E-state index in [1.54, 1.807) is 18.2 Å². The molecule has 0 aliphatic rings. The average molecular weight is 311 g/mol. The normalized spacial score (nSPS) is 10.6. The second-order valence-corrected chi connectivity index (χ2v) is 5.28. The number of amides is 1. The van der Waals surface area contributed by atoms with Crippen LogP contribution in [-0.4, -0.2) is 39.9 Å². The second-order valence-electron chi connectivity index (χ2n) is 5.28. The van der Waals surface area contributed by atoms with Crippen LogP contribution in [0.4, 0.5) is 11.4 Å². The average Bonchev–Trinajstić information content (AvgIpc) is 2.59. The van der Waals surface area contributed by atoms with Gasteiger partial charge in [0, 0.05) is 32.5 Å². The molecule has 0 radical (unpaired) electrons. The lowest BCUT2D eigenvalue weighted by atomic mass is 10.2. The van der Waals surface area contributed by atoms with Gasteiger partial charge in [0.05, 0.1) is 6.21 Å². The third kappa shape index (κ3) is 4.85. The second kappa shape index (κ2) is 7.98. The quantitative estimate of drug-likeness (QED) is 0.609. The number of rotatable bonds is 6. The van der Waals surface area contributed by atoms with E-state index in [-0.39, 0.29) is 12.5 Å². The van der Waals surface area contributed by atoms with E-state index in [4.69, 9.17) is 4.84 Å². The summed E-state index contributed by atoms with van der Waals surface area (Å²) in [5, 5.41) is 3.85. The van der Waals surface area contributed by atoms with Gasteiger partial charge >= 0.3 is 0 Å². The van der Waals surface area contributed by atoms with Gasteiger partial charge < -0.3 is 14.6 Å². The molecule has 0 N–H and O–H groups in total. The summed E-state index contributed by atoms with van der Waals surface area (Å²) < 4.78 is 0. The van der Waals surface area contributed by atoms with E-state index in [2.05, 4.69) is 5.16 Å². The van der Waals surface area contributed by atoms with Crippen molar-refractivity contribution in [2.75, 3.05) is 37.5 Å². The van der Waals surface area contributed by atoms with Crippen molar-refractivity contribution in [3.63, 3.8) is 0 Å². The lowest BCUT2D eigenvalue weighted by molar-refractivity contribution is -0.122. The maximum absolute atomic E-state index is 12.0. The SMILES string of the molecule is CN(C)c1ccc(/C=N\OCC(=O)N(C)c2ccccc2)cc1. The van der Waals surface area contributed by atoms with Crippen LogP contribution in [-0.2, 0) is 9.63 Å². The molecule has 0 aliphatic carbocycles. The molecule has 0 saturated carbocycles. The first kappa shape index (κ1) is 16.5. The van der Waals surface area contributed by atoms with E-state index in [9.17, 15) is 4.79 Å². The maximum atomic E-state index is 12.0. The molecule has 23 heavy (non-hydrogen) atoms. The molecule has 0 atom stereocenters. The molecular weight excluding hydrogens is 290 g/mol. The highest BCUT2D eigenvalue weighted by Crippen LogP contribution is 2.12. The van der Waals surface area contributed by atoms with E-state index in [0.717, 1.165) is 16.9 Å². The van der Waals surface area contributed by atoms with Crippen LogP contribution < -0.4 is 9.80 Å². The molecule has 0 saturated heterocycles. The molecule has 2 rings (SSSR count). The largest absolute Gasteiger partial charge is 0.386 e. The summed E-state index contributed by atoms with van der Waals surface area (Å²) >= 11 is 0. The predicted molar refractivity (Wildman–Crippen MR) is 94.2 cm³/mol. The zero-order valence-corrected chi connectivity index (χ0v) is 13.6. The van der Waals surface area contributed by atoms with Crippen LogP contribution in [0, 0.1) is 0 Å². The maximum Gasteiger partial charge on any atom is 0.267 e. The fourth-order valence-corrected chi connectivity index (χ4v) is 1.94. The number of oxime groups is 1. The summed E-state index contributed by atoms with van der Waals surface area (Å²) in [7, 11) is 5.69. The van der Waals surface area contributed by atoms with E-state index in [1.165, 1.54) is 0 Å². The van der Waals surface area contributed by atoms with Crippen molar-refractivity contribution in [1.29, 1.82) is 0 Å². The first-order valence-electron chi connectivity index (χ1n) is 7.32. The van der Waals surface area contributed by atoms with Gasteiger partial charge in [-0.2, -0.15) is 0 Å². The number of carbonyl (C=O) groups is 1. The van der Waals surface area contributed by atoms with Gasteiger partial charge in [-0.25, -0.2) is 0 Å². The third-order valence-electron chi connectivity index (χ3n) is 3.39. The van der Waals surface area contributed by atoms with Crippen molar-refractivity contribution >= 4 is 23.5 Å². The number of carbonyl (C=O) groups excluding carboxylic acids is 1. The Morgan fingerprint density at radius 3 is 2.26 bits per heavy atom. The highest BCUT2D eigenvalue weighted by molar-refractivity contribution is 5.93. The summed E-state index contributed by atoms with van der Waals surface area (Å²) in [6.07, 6.45) is 1.59. The van der Waals surface area contributed by atoms with Gasteiger partial charge in [-0.05, 0) is 29.8 Å².